The van der Waals surface area contributed by atoms with E-state index in [9.17, 15) is 4.79 Å². The summed E-state index contributed by atoms with van der Waals surface area (Å²) in [6, 6.07) is 16.2. The van der Waals surface area contributed by atoms with Gasteiger partial charge in [-0.1, -0.05) is 31.2 Å². The van der Waals surface area contributed by atoms with Crippen molar-refractivity contribution in [3.63, 3.8) is 0 Å². The number of aromatic nitrogens is 3. The molecule has 0 bridgehead atoms. The van der Waals surface area contributed by atoms with E-state index >= 15 is 0 Å². The molecule has 0 N–H and O–H groups in total. The summed E-state index contributed by atoms with van der Waals surface area (Å²) in [5, 5.41) is 0. The summed E-state index contributed by atoms with van der Waals surface area (Å²) in [5.74, 6) is 0.856. The highest BCUT2D eigenvalue weighted by Gasteiger charge is 2.26. The maximum absolute atomic E-state index is 12.5. The van der Waals surface area contributed by atoms with Gasteiger partial charge in [-0.3, -0.25) is 9.47 Å². The molecule has 1 saturated heterocycles. The van der Waals surface area contributed by atoms with Gasteiger partial charge in [0.15, 0.2) is 5.58 Å². The molecule has 1 atom stereocenters. The van der Waals surface area contributed by atoms with Crippen molar-refractivity contribution in [2.75, 3.05) is 13.1 Å². The monoisotopic (exact) mass is 390 g/mol. The van der Waals surface area contributed by atoms with Crippen LogP contribution in [0.3, 0.4) is 0 Å². The van der Waals surface area contributed by atoms with Gasteiger partial charge in [-0.2, -0.15) is 0 Å². The van der Waals surface area contributed by atoms with E-state index in [0.29, 0.717) is 5.58 Å². The van der Waals surface area contributed by atoms with Gasteiger partial charge in [-0.15, -0.1) is 0 Å². The van der Waals surface area contributed by atoms with Crippen molar-refractivity contribution in [3.05, 3.63) is 64.9 Å². The van der Waals surface area contributed by atoms with Gasteiger partial charge >= 0.3 is 5.76 Å². The lowest BCUT2D eigenvalue weighted by Gasteiger charge is -2.32. The Bertz CT molecular complexity index is 1200. The van der Waals surface area contributed by atoms with Crippen LogP contribution >= 0.6 is 0 Å². The van der Waals surface area contributed by atoms with Gasteiger partial charge in [0.25, 0.3) is 0 Å². The van der Waals surface area contributed by atoms with Gasteiger partial charge in [-0.05, 0) is 50.1 Å². The number of imidazole rings is 1. The third-order valence-electron chi connectivity index (χ3n) is 5.91. The van der Waals surface area contributed by atoms with E-state index in [2.05, 4.69) is 34.6 Å². The van der Waals surface area contributed by atoms with E-state index in [1.165, 1.54) is 5.52 Å². The van der Waals surface area contributed by atoms with Crippen LogP contribution in [0, 0.1) is 0 Å². The first kappa shape index (κ1) is 18.2. The summed E-state index contributed by atoms with van der Waals surface area (Å²) in [4.78, 5) is 19.9. The van der Waals surface area contributed by atoms with Crippen molar-refractivity contribution in [1.82, 2.24) is 19.0 Å². The Morgan fingerprint density at radius 2 is 1.90 bits per heavy atom. The standard InChI is InChI=1S/C23H26N4O2/c1-2-13-26-19-10-4-3-9-18(19)24-22(26)16-25-14-7-8-17(15-25)27-20-11-5-6-12-21(20)29-23(27)28/h3-6,9-12,17H,2,7-8,13-16H2,1H3. The highest BCUT2D eigenvalue weighted by molar-refractivity contribution is 5.76. The minimum Gasteiger partial charge on any atom is -0.408 e. The van der Waals surface area contributed by atoms with E-state index < -0.39 is 0 Å². The number of piperidine rings is 1. The summed E-state index contributed by atoms with van der Waals surface area (Å²) in [6.45, 7) is 5.83. The molecule has 1 aliphatic heterocycles. The van der Waals surface area contributed by atoms with E-state index in [-0.39, 0.29) is 11.8 Å². The lowest BCUT2D eigenvalue weighted by atomic mass is 10.1. The van der Waals surface area contributed by atoms with Crippen LogP contribution in [0.5, 0.6) is 0 Å². The van der Waals surface area contributed by atoms with Gasteiger partial charge in [-0.25, -0.2) is 9.78 Å². The first-order chi connectivity index (χ1) is 14.2. The molecule has 4 aromatic rings. The molecule has 0 spiro atoms. The van der Waals surface area contributed by atoms with Crippen LogP contribution in [-0.4, -0.2) is 32.1 Å². The molecule has 0 aliphatic carbocycles. The molecule has 3 heterocycles. The predicted octanol–water partition coefficient (Wildman–Crippen LogP) is 4.19. The van der Waals surface area contributed by atoms with Crippen LogP contribution in [0.4, 0.5) is 0 Å². The van der Waals surface area contributed by atoms with Crippen molar-refractivity contribution in [2.24, 2.45) is 0 Å². The number of hydrogen-bond donors (Lipinski definition) is 0. The van der Waals surface area contributed by atoms with Crippen LogP contribution < -0.4 is 5.76 Å². The number of fused-ring (bicyclic) bond motifs is 2. The van der Waals surface area contributed by atoms with Gasteiger partial charge in [0.1, 0.15) is 5.82 Å². The molecule has 0 saturated carbocycles. The van der Waals surface area contributed by atoms with Gasteiger partial charge in [0.2, 0.25) is 0 Å². The highest BCUT2D eigenvalue weighted by Crippen LogP contribution is 2.26. The second-order valence-electron chi connectivity index (χ2n) is 7.91. The SMILES string of the molecule is CCCn1c(CN2CCCC(n3c(=O)oc4ccccc43)C2)nc2ccccc21. The lowest BCUT2D eigenvalue weighted by Crippen LogP contribution is -2.39. The average molecular weight is 390 g/mol. The van der Waals surface area contributed by atoms with Crippen LogP contribution in [0.1, 0.15) is 38.1 Å². The minimum atomic E-state index is -0.253. The van der Waals surface area contributed by atoms with Crippen LogP contribution in [0.2, 0.25) is 0 Å². The second kappa shape index (κ2) is 7.52. The number of benzene rings is 2. The summed E-state index contributed by atoms with van der Waals surface area (Å²) in [6.07, 6.45) is 3.13. The molecule has 1 unspecified atom stereocenters. The van der Waals surface area contributed by atoms with Crippen LogP contribution in [0.25, 0.3) is 22.1 Å². The molecule has 0 amide bonds. The Morgan fingerprint density at radius 1 is 1.10 bits per heavy atom. The topological polar surface area (TPSA) is 56.2 Å². The maximum Gasteiger partial charge on any atom is 0.420 e. The molecular formula is C23H26N4O2. The zero-order chi connectivity index (χ0) is 19.8. The predicted molar refractivity (Wildman–Crippen MR) is 114 cm³/mol. The Morgan fingerprint density at radius 3 is 2.76 bits per heavy atom. The largest absolute Gasteiger partial charge is 0.420 e. The Balaban J connectivity index is 1.43. The van der Waals surface area contributed by atoms with Gasteiger partial charge < -0.3 is 8.98 Å². The second-order valence-corrected chi connectivity index (χ2v) is 7.91. The third-order valence-corrected chi connectivity index (χ3v) is 5.91. The van der Waals surface area contributed by atoms with E-state index in [0.717, 1.165) is 62.3 Å². The normalized spacial score (nSPS) is 18.0. The van der Waals surface area contributed by atoms with E-state index in [1.807, 2.05) is 34.9 Å². The molecule has 6 nitrogen and oxygen atoms in total. The van der Waals surface area contributed by atoms with Crippen LogP contribution in [-0.2, 0) is 13.1 Å². The number of hydrogen-bond acceptors (Lipinski definition) is 4. The summed E-state index contributed by atoms with van der Waals surface area (Å²) < 4.78 is 9.66. The number of para-hydroxylation sites is 4. The molecule has 1 aliphatic rings. The smallest absolute Gasteiger partial charge is 0.408 e. The van der Waals surface area contributed by atoms with Crippen molar-refractivity contribution in [2.45, 2.75) is 45.3 Å². The highest BCUT2D eigenvalue weighted by atomic mass is 16.4. The zero-order valence-electron chi connectivity index (χ0n) is 16.8. The quantitative estimate of drug-likeness (QED) is 0.513. The van der Waals surface area contributed by atoms with Crippen molar-refractivity contribution < 1.29 is 4.42 Å². The molecular weight excluding hydrogens is 364 g/mol. The van der Waals surface area contributed by atoms with Crippen molar-refractivity contribution in [3.8, 4) is 0 Å². The molecule has 2 aromatic heterocycles. The fourth-order valence-electron chi connectivity index (χ4n) is 4.63. The first-order valence-corrected chi connectivity index (χ1v) is 10.5. The molecule has 2 aromatic carbocycles. The van der Waals surface area contributed by atoms with E-state index in [1.54, 1.807) is 0 Å². The van der Waals surface area contributed by atoms with Gasteiger partial charge in [0.05, 0.1) is 29.1 Å². The summed E-state index contributed by atoms with van der Waals surface area (Å²) in [7, 11) is 0. The number of oxazole rings is 1. The average Bonchev–Trinajstić information content (AvgIpc) is 3.25. The molecule has 1 fully saturated rings. The Hall–Kier alpha value is -2.86. The first-order valence-electron chi connectivity index (χ1n) is 10.5. The molecule has 6 heteroatoms. The Labute approximate surface area is 169 Å². The molecule has 0 radical (unpaired) electrons. The fourth-order valence-corrected chi connectivity index (χ4v) is 4.63. The summed E-state index contributed by atoms with van der Waals surface area (Å²) in [5.41, 5.74) is 3.82. The van der Waals surface area contributed by atoms with Crippen LogP contribution in [0.15, 0.2) is 57.7 Å². The third kappa shape index (κ3) is 3.27. The molecule has 150 valence electrons. The number of likely N-dealkylation sites (tertiary alicyclic amines) is 1. The van der Waals surface area contributed by atoms with Crippen molar-refractivity contribution in [1.29, 1.82) is 0 Å². The summed E-state index contributed by atoms with van der Waals surface area (Å²) >= 11 is 0. The fraction of sp³-hybridized carbons (Fsp3) is 0.391. The molecule has 29 heavy (non-hydrogen) atoms. The van der Waals surface area contributed by atoms with Crippen molar-refractivity contribution >= 4 is 22.1 Å². The number of rotatable bonds is 5. The lowest BCUT2D eigenvalue weighted by molar-refractivity contribution is 0.163. The minimum absolute atomic E-state index is 0.129. The maximum atomic E-state index is 12.5. The number of nitrogens with zero attached hydrogens (tertiary/aromatic N) is 4. The zero-order valence-corrected chi connectivity index (χ0v) is 16.8. The Kier molecular flexibility index (Phi) is 4.72. The molecule has 5 rings (SSSR count). The van der Waals surface area contributed by atoms with E-state index in [4.69, 9.17) is 9.40 Å². The van der Waals surface area contributed by atoms with Gasteiger partial charge in [0, 0.05) is 13.1 Å². The number of aryl methyl sites for hydroxylation is 1.